The minimum Gasteiger partial charge on any atom is -0.494 e. The Morgan fingerprint density at radius 1 is 1.15 bits per heavy atom. The first-order valence-corrected chi connectivity index (χ1v) is 6.90. The second-order valence-corrected chi connectivity index (χ2v) is 4.28. The number of aromatic nitrogens is 3. The van der Waals surface area contributed by atoms with Crippen molar-refractivity contribution in [1.82, 2.24) is 14.8 Å². The van der Waals surface area contributed by atoms with E-state index in [9.17, 15) is 0 Å². The molecule has 1 aromatic heterocycles. The van der Waals surface area contributed by atoms with E-state index >= 15 is 0 Å². The molecule has 20 heavy (non-hydrogen) atoms. The van der Waals surface area contributed by atoms with Crippen LogP contribution in [0.25, 0.3) is 5.69 Å². The van der Waals surface area contributed by atoms with Crippen molar-refractivity contribution in [1.29, 1.82) is 0 Å². The summed E-state index contributed by atoms with van der Waals surface area (Å²) in [4.78, 5) is 6.37. The van der Waals surface area contributed by atoms with Crippen LogP contribution in [0.5, 0.6) is 5.75 Å². The van der Waals surface area contributed by atoms with E-state index in [0.29, 0.717) is 18.5 Å². The van der Waals surface area contributed by atoms with Crippen molar-refractivity contribution in [2.45, 2.75) is 20.8 Å². The lowest BCUT2D eigenvalue weighted by molar-refractivity contribution is 0.340. The first kappa shape index (κ1) is 14.2. The molecular formula is C14H21N5O. The van der Waals surface area contributed by atoms with Gasteiger partial charge in [0.15, 0.2) is 0 Å². The lowest BCUT2D eigenvalue weighted by atomic mass is 10.3. The Bertz CT molecular complexity index is 545. The van der Waals surface area contributed by atoms with Gasteiger partial charge >= 0.3 is 0 Å². The largest absolute Gasteiger partial charge is 0.494 e. The van der Waals surface area contributed by atoms with Gasteiger partial charge < -0.3 is 15.4 Å². The molecule has 1 heterocycles. The maximum atomic E-state index is 5.95. The summed E-state index contributed by atoms with van der Waals surface area (Å²) in [6.45, 7) is 8.44. The van der Waals surface area contributed by atoms with Crippen molar-refractivity contribution < 1.29 is 4.74 Å². The van der Waals surface area contributed by atoms with Crippen LogP contribution in [0.3, 0.4) is 0 Å². The summed E-state index contributed by atoms with van der Waals surface area (Å²) in [5, 5.41) is 4.46. The Morgan fingerprint density at radius 3 is 2.35 bits per heavy atom. The highest BCUT2D eigenvalue weighted by Gasteiger charge is 2.12. The van der Waals surface area contributed by atoms with Crippen LogP contribution in [-0.4, -0.2) is 34.5 Å². The molecule has 1 aromatic carbocycles. The molecule has 0 fully saturated rings. The zero-order valence-electron chi connectivity index (χ0n) is 12.2. The smallest absolute Gasteiger partial charge is 0.246 e. The van der Waals surface area contributed by atoms with Gasteiger partial charge in [-0.1, -0.05) is 0 Å². The first-order valence-electron chi connectivity index (χ1n) is 6.90. The highest BCUT2D eigenvalue weighted by Crippen LogP contribution is 2.19. The minimum absolute atomic E-state index is 0.385. The fourth-order valence-electron chi connectivity index (χ4n) is 1.99. The molecule has 0 radical (unpaired) electrons. The summed E-state index contributed by atoms with van der Waals surface area (Å²) >= 11 is 0. The van der Waals surface area contributed by atoms with Crippen molar-refractivity contribution in [3.05, 3.63) is 24.3 Å². The summed E-state index contributed by atoms with van der Waals surface area (Å²) in [5.74, 6) is 1.87. The van der Waals surface area contributed by atoms with Crippen LogP contribution in [0.4, 0.5) is 11.9 Å². The quantitative estimate of drug-likeness (QED) is 0.874. The van der Waals surface area contributed by atoms with E-state index in [0.717, 1.165) is 24.5 Å². The maximum absolute atomic E-state index is 5.95. The fourth-order valence-corrected chi connectivity index (χ4v) is 1.99. The summed E-state index contributed by atoms with van der Waals surface area (Å²) in [5.41, 5.74) is 6.82. The van der Waals surface area contributed by atoms with Crippen molar-refractivity contribution in [2.24, 2.45) is 0 Å². The average Bonchev–Trinajstić information content (AvgIpc) is 2.83. The van der Waals surface area contributed by atoms with Crippen molar-refractivity contribution >= 4 is 11.9 Å². The Morgan fingerprint density at radius 2 is 1.80 bits per heavy atom. The molecule has 2 aromatic rings. The summed E-state index contributed by atoms with van der Waals surface area (Å²) in [6, 6.07) is 7.64. The number of nitrogens with zero attached hydrogens (tertiary/aromatic N) is 4. The van der Waals surface area contributed by atoms with Gasteiger partial charge in [0.1, 0.15) is 5.75 Å². The van der Waals surface area contributed by atoms with Crippen LogP contribution in [0.15, 0.2) is 24.3 Å². The van der Waals surface area contributed by atoms with E-state index in [-0.39, 0.29) is 0 Å². The molecule has 0 unspecified atom stereocenters. The normalized spacial score (nSPS) is 10.6. The van der Waals surface area contributed by atoms with Crippen molar-refractivity contribution in [3.63, 3.8) is 0 Å². The zero-order chi connectivity index (χ0) is 14.5. The van der Waals surface area contributed by atoms with Gasteiger partial charge in [-0.2, -0.15) is 9.67 Å². The second kappa shape index (κ2) is 6.27. The Balaban J connectivity index is 2.28. The zero-order valence-corrected chi connectivity index (χ0v) is 12.2. The van der Waals surface area contributed by atoms with E-state index in [4.69, 9.17) is 10.5 Å². The predicted octanol–water partition coefficient (Wildman–Crippen LogP) is 2.09. The van der Waals surface area contributed by atoms with E-state index in [1.54, 1.807) is 4.68 Å². The molecule has 0 saturated carbocycles. The number of ether oxygens (including phenoxy) is 1. The number of hydrogen-bond donors (Lipinski definition) is 1. The standard InChI is InChI=1S/C14H21N5O/c1-4-18(5-2)14-16-13(15)19(17-14)11-7-9-12(10-8-11)20-6-3/h7-10H,4-6H2,1-3H3,(H2,15,16,17). The van der Waals surface area contributed by atoms with Crippen LogP contribution < -0.4 is 15.4 Å². The first-order chi connectivity index (χ1) is 9.69. The summed E-state index contributed by atoms with van der Waals surface area (Å²) in [7, 11) is 0. The molecule has 2 rings (SSSR count). The molecule has 0 spiro atoms. The number of hydrogen-bond acceptors (Lipinski definition) is 5. The number of anilines is 2. The third-order valence-electron chi connectivity index (χ3n) is 3.06. The molecule has 0 aliphatic carbocycles. The maximum Gasteiger partial charge on any atom is 0.246 e. The molecule has 2 N–H and O–H groups in total. The number of rotatable bonds is 6. The lowest BCUT2D eigenvalue weighted by Gasteiger charge is -2.15. The van der Waals surface area contributed by atoms with Gasteiger partial charge in [-0.15, -0.1) is 5.10 Å². The molecular weight excluding hydrogens is 254 g/mol. The minimum atomic E-state index is 0.385. The molecule has 6 nitrogen and oxygen atoms in total. The van der Waals surface area contributed by atoms with Gasteiger partial charge in [-0.25, -0.2) is 0 Å². The van der Waals surface area contributed by atoms with E-state index in [1.807, 2.05) is 31.2 Å². The van der Waals surface area contributed by atoms with Gasteiger partial charge in [0.2, 0.25) is 11.9 Å². The Labute approximate surface area is 119 Å². The fraction of sp³-hybridized carbons (Fsp3) is 0.429. The van der Waals surface area contributed by atoms with Gasteiger partial charge in [0.25, 0.3) is 0 Å². The monoisotopic (exact) mass is 275 g/mol. The molecule has 108 valence electrons. The van der Waals surface area contributed by atoms with Gasteiger partial charge in [-0.3, -0.25) is 0 Å². The van der Waals surface area contributed by atoms with Crippen molar-refractivity contribution in [2.75, 3.05) is 30.3 Å². The van der Waals surface area contributed by atoms with Gasteiger partial charge in [0, 0.05) is 13.1 Å². The third-order valence-corrected chi connectivity index (χ3v) is 3.06. The number of nitrogen functional groups attached to an aromatic ring is 1. The van der Waals surface area contributed by atoms with Crippen LogP contribution in [0.2, 0.25) is 0 Å². The second-order valence-electron chi connectivity index (χ2n) is 4.28. The van der Waals surface area contributed by atoms with E-state index in [2.05, 4.69) is 28.8 Å². The molecule has 0 amide bonds. The Hall–Kier alpha value is -2.24. The molecule has 0 aliphatic heterocycles. The Kier molecular flexibility index (Phi) is 4.45. The molecule has 0 saturated heterocycles. The highest BCUT2D eigenvalue weighted by atomic mass is 16.5. The number of nitrogens with two attached hydrogens (primary N) is 1. The van der Waals surface area contributed by atoms with E-state index < -0.39 is 0 Å². The molecule has 0 aliphatic rings. The molecule has 6 heteroatoms. The van der Waals surface area contributed by atoms with Crippen LogP contribution >= 0.6 is 0 Å². The molecule has 0 atom stereocenters. The number of benzene rings is 1. The van der Waals surface area contributed by atoms with Crippen LogP contribution in [0, 0.1) is 0 Å². The van der Waals surface area contributed by atoms with E-state index in [1.165, 1.54) is 0 Å². The summed E-state index contributed by atoms with van der Waals surface area (Å²) < 4.78 is 7.06. The SMILES string of the molecule is CCOc1ccc(-n2nc(N(CC)CC)nc2N)cc1. The molecule has 0 bridgehead atoms. The summed E-state index contributed by atoms with van der Waals surface area (Å²) in [6.07, 6.45) is 0. The van der Waals surface area contributed by atoms with Gasteiger partial charge in [0.05, 0.1) is 12.3 Å². The average molecular weight is 275 g/mol. The lowest BCUT2D eigenvalue weighted by Crippen LogP contribution is -2.23. The van der Waals surface area contributed by atoms with Crippen molar-refractivity contribution in [3.8, 4) is 11.4 Å². The van der Waals surface area contributed by atoms with Crippen LogP contribution in [-0.2, 0) is 0 Å². The highest BCUT2D eigenvalue weighted by molar-refractivity contribution is 5.44. The van der Waals surface area contributed by atoms with Gasteiger partial charge in [-0.05, 0) is 45.0 Å². The predicted molar refractivity (Wildman–Crippen MR) is 80.5 cm³/mol. The third kappa shape index (κ3) is 2.84. The topological polar surface area (TPSA) is 69.2 Å². The van der Waals surface area contributed by atoms with Crippen LogP contribution in [0.1, 0.15) is 20.8 Å².